The van der Waals surface area contributed by atoms with Gasteiger partial charge >= 0.3 is 0 Å². The number of nitrogens with one attached hydrogen (secondary N) is 1. The van der Waals surface area contributed by atoms with Gasteiger partial charge in [0, 0.05) is 0 Å². The summed E-state index contributed by atoms with van der Waals surface area (Å²) in [5.74, 6) is 1.31. The molecule has 0 radical (unpaired) electrons. The Kier molecular flexibility index (Phi) is 4.77. The molecule has 1 aromatic heterocycles. The molecule has 0 atom stereocenters. The van der Waals surface area contributed by atoms with Gasteiger partial charge in [0.05, 0.1) is 11.9 Å². The summed E-state index contributed by atoms with van der Waals surface area (Å²) in [6.07, 6.45) is 1.50. The summed E-state index contributed by atoms with van der Waals surface area (Å²) in [6, 6.07) is 11.1. The molecule has 0 unspecified atom stereocenters. The number of amides is 1. The van der Waals surface area contributed by atoms with E-state index >= 15 is 0 Å². The maximum Gasteiger partial charge on any atom is 0.262 e. The summed E-state index contributed by atoms with van der Waals surface area (Å²) in [7, 11) is 0. The molecular weight excluding hydrogens is 266 g/mol. The molecule has 1 heterocycles. The van der Waals surface area contributed by atoms with Crippen molar-refractivity contribution >= 4 is 17.4 Å². The van der Waals surface area contributed by atoms with Crippen LogP contribution in [0.3, 0.4) is 0 Å². The number of nitrogens with zero attached hydrogens (tertiary/aromatic N) is 1. The van der Waals surface area contributed by atoms with E-state index in [1.54, 1.807) is 12.1 Å². The van der Waals surface area contributed by atoms with E-state index in [0.29, 0.717) is 23.2 Å². The quantitative estimate of drug-likeness (QED) is 0.885. The zero-order valence-electron chi connectivity index (χ0n) is 12.2. The van der Waals surface area contributed by atoms with E-state index in [9.17, 15) is 4.79 Å². The first-order valence-corrected chi connectivity index (χ1v) is 6.79. The number of anilines is 2. The van der Waals surface area contributed by atoms with Crippen molar-refractivity contribution in [1.29, 1.82) is 0 Å². The Morgan fingerprint density at radius 2 is 1.95 bits per heavy atom. The minimum absolute atomic E-state index is 0.0502. The highest BCUT2D eigenvalue weighted by atomic mass is 16.5. The number of pyridine rings is 1. The van der Waals surface area contributed by atoms with Gasteiger partial charge in [-0.15, -0.1) is 0 Å². The maximum atomic E-state index is 11.8. The van der Waals surface area contributed by atoms with Crippen LogP contribution in [-0.2, 0) is 4.79 Å². The Labute approximate surface area is 124 Å². The monoisotopic (exact) mass is 285 g/mol. The normalized spacial score (nSPS) is 10.4. The molecule has 2 rings (SSSR count). The average Bonchev–Trinajstić information content (AvgIpc) is 2.48. The molecule has 1 amide bonds. The number of aromatic nitrogens is 1. The fraction of sp³-hybridized carbons (Fsp3) is 0.250. The molecule has 0 aliphatic heterocycles. The van der Waals surface area contributed by atoms with Gasteiger partial charge in [0.1, 0.15) is 11.6 Å². The smallest absolute Gasteiger partial charge is 0.262 e. The highest BCUT2D eigenvalue weighted by Gasteiger charge is 2.05. The number of ether oxygens (including phenoxy) is 1. The number of carbonyl (C=O) groups excluding carboxylic acids is 1. The van der Waals surface area contributed by atoms with Gasteiger partial charge in [0.2, 0.25) is 0 Å². The number of hydrogen-bond acceptors (Lipinski definition) is 4. The molecule has 5 heteroatoms. The van der Waals surface area contributed by atoms with Gasteiger partial charge in [-0.1, -0.05) is 26.0 Å². The predicted molar refractivity (Wildman–Crippen MR) is 83.3 cm³/mol. The number of hydrogen-bond donors (Lipinski definition) is 2. The SMILES string of the molecule is CC(C)c1ccc(OCC(=O)Nc2ccc(N)nc2)cc1. The van der Waals surface area contributed by atoms with Gasteiger partial charge in [0.25, 0.3) is 5.91 Å². The molecule has 0 spiro atoms. The molecule has 2 aromatic rings. The molecule has 110 valence electrons. The number of carbonyl (C=O) groups is 1. The lowest BCUT2D eigenvalue weighted by Crippen LogP contribution is -2.20. The van der Waals surface area contributed by atoms with Crippen LogP contribution in [0.2, 0.25) is 0 Å². The third-order valence-corrected chi connectivity index (χ3v) is 2.99. The number of benzene rings is 1. The highest BCUT2D eigenvalue weighted by molar-refractivity contribution is 5.91. The van der Waals surface area contributed by atoms with Crippen molar-refractivity contribution in [3.8, 4) is 5.75 Å². The molecule has 1 aromatic carbocycles. The lowest BCUT2D eigenvalue weighted by molar-refractivity contribution is -0.118. The van der Waals surface area contributed by atoms with Crippen LogP contribution in [0.15, 0.2) is 42.6 Å². The second-order valence-electron chi connectivity index (χ2n) is 5.03. The number of nitrogen functional groups attached to an aromatic ring is 1. The van der Waals surface area contributed by atoms with Crippen molar-refractivity contribution in [2.45, 2.75) is 19.8 Å². The van der Waals surface area contributed by atoms with E-state index in [4.69, 9.17) is 10.5 Å². The van der Waals surface area contributed by atoms with Crippen LogP contribution < -0.4 is 15.8 Å². The summed E-state index contributed by atoms with van der Waals surface area (Å²) in [5.41, 5.74) is 7.30. The van der Waals surface area contributed by atoms with E-state index in [0.717, 1.165) is 0 Å². The Balaban J connectivity index is 1.84. The van der Waals surface area contributed by atoms with Gasteiger partial charge in [-0.2, -0.15) is 0 Å². The van der Waals surface area contributed by atoms with Crippen LogP contribution in [0, 0.1) is 0 Å². The van der Waals surface area contributed by atoms with Crippen molar-refractivity contribution in [2.24, 2.45) is 0 Å². The number of rotatable bonds is 5. The molecule has 0 fully saturated rings. The number of nitrogens with two attached hydrogens (primary N) is 1. The second kappa shape index (κ2) is 6.74. The van der Waals surface area contributed by atoms with Crippen molar-refractivity contribution in [3.05, 3.63) is 48.2 Å². The van der Waals surface area contributed by atoms with Crippen LogP contribution in [0.4, 0.5) is 11.5 Å². The van der Waals surface area contributed by atoms with Gasteiger partial charge in [0.15, 0.2) is 6.61 Å². The molecule has 21 heavy (non-hydrogen) atoms. The molecule has 0 aliphatic carbocycles. The fourth-order valence-corrected chi connectivity index (χ4v) is 1.77. The minimum Gasteiger partial charge on any atom is -0.484 e. The maximum absolute atomic E-state index is 11.8. The zero-order chi connectivity index (χ0) is 15.2. The Bertz CT molecular complexity index is 592. The van der Waals surface area contributed by atoms with Gasteiger partial charge in [-0.05, 0) is 35.7 Å². The molecule has 0 bridgehead atoms. The molecular formula is C16H19N3O2. The van der Waals surface area contributed by atoms with E-state index in [2.05, 4.69) is 24.1 Å². The fourth-order valence-electron chi connectivity index (χ4n) is 1.77. The van der Waals surface area contributed by atoms with Crippen LogP contribution in [-0.4, -0.2) is 17.5 Å². The summed E-state index contributed by atoms with van der Waals surface area (Å²) in [4.78, 5) is 15.6. The third-order valence-electron chi connectivity index (χ3n) is 2.99. The first kappa shape index (κ1) is 14.8. The van der Waals surface area contributed by atoms with Crippen molar-refractivity contribution in [3.63, 3.8) is 0 Å². The predicted octanol–water partition coefficient (Wildman–Crippen LogP) is 2.80. The van der Waals surface area contributed by atoms with E-state index in [-0.39, 0.29) is 12.5 Å². The van der Waals surface area contributed by atoms with E-state index < -0.39 is 0 Å². The van der Waals surface area contributed by atoms with Gasteiger partial charge < -0.3 is 15.8 Å². The molecule has 3 N–H and O–H groups in total. The molecule has 0 aliphatic rings. The summed E-state index contributed by atoms with van der Waals surface area (Å²) >= 11 is 0. The first-order chi connectivity index (χ1) is 10.0. The minimum atomic E-state index is -0.241. The van der Waals surface area contributed by atoms with Crippen LogP contribution >= 0.6 is 0 Å². The highest BCUT2D eigenvalue weighted by Crippen LogP contribution is 2.18. The third kappa shape index (κ3) is 4.49. The average molecular weight is 285 g/mol. The summed E-state index contributed by atoms with van der Waals surface area (Å²) in [5, 5.41) is 2.69. The van der Waals surface area contributed by atoms with Gasteiger partial charge in [-0.25, -0.2) is 4.98 Å². The van der Waals surface area contributed by atoms with Crippen molar-refractivity contribution < 1.29 is 9.53 Å². The molecule has 5 nitrogen and oxygen atoms in total. The Morgan fingerprint density at radius 3 is 2.52 bits per heavy atom. The van der Waals surface area contributed by atoms with E-state index in [1.165, 1.54) is 11.8 Å². The van der Waals surface area contributed by atoms with Crippen molar-refractivity contribution in [2.75, 3.05) is 17.7 Å². The largest absolute Gasteiger partial charge is 0.484 e. The second-order valence-corrected chi connectivity index (χ2v) is 5.03. The lowest BCUT2D eigenvalue weighted by atomic mass is 10.0. The van der Waals surface area contributed by atoms with E-state index in [1.807, 2.05) is 24.3 Å². The molecule has 0 saturated heterocycles. The topological polar surface area (TPSA) is 77.2 Å². The van der Waals surface area contributed by atoms with Crippen molar-refractivity contribution in [1.82, 2.24) is 4.98 Å². The van der Waals surface area contributed by atoms with Crippen LogP contribution in [0.1, 0.15) is 25.3 Å². The van der Waals surface area contributed by atoms with Gasteiger partial charge in [-0.3, -0.25) is 4.79 Å². The lowest BCUT2D eigenvalue weighted by Gasteiger charge is -2.09. The first-order valence-electron chi connectivity index (χ1n) is 6.79. The summed E-state index contributed by atoms with van der Waals surface area (Å²) < 4.78 is 5.44. The van der Waals surface area contributed by atoms with Crippen LogP contribution in [0.25, 0.3) is 0 Å². The summed E-state index contributed by atoms with van der Waals surface area (Å²) in [6.45, 7) is 4.21. The Hall–Kier alpha value is -2.56. The standard InChI is InChI=1S/C16H19N3O2/c1-11(2)12-3-6-14(7-4-12)21-10-16(20)19-13-5-8-15(17)18-9-13/h3-9,11H,10H2,1-2H3,(H2,17,18)(H,19,20). The zero-order valence-corrected chi connectivity index (χ0v) is 12.2. The molecule has 0 saturated carbocycles. The van der Waals surface area contributed by atoms with Crippen LogP contribution in [0.5, 0.6) is 5.75 Å². The Morgan fingerprint density at radius 1 is 1.24 bits per heavy atom.